The van der Waals surface area contributed by atoms with E-state index in [-0.39, 0.29) is 36.1 Å². The van der Waals surface area contributed by atoms with Crippen molar-refractivity contribution in [2.75, 3.05) is 6.54 Å². The van der Waals surface area contributed by atoms with E-state index in [0.29, 0.717) is 11.1 Å². The molecule has 0 atom stereocenters. The van der Waals surface area contributed by atoms with Crippen LogP contribution in [0.1, 0.15) is 38.8 Å². The fraction of sp³-hybridized carbons (Fsp3) is 0.250. The average Bonchev–Trinajstić information content (AvgIpc) is 2.63. The monoisotopic (exact) mass is 247 g/mol. The first-order valence-corrected chi connectivity index (χ1v) is 5.51. The van der Waals surface area contributed by atoms with Gasteiger partial charge in [0.25, 0.3) is 11.8 Å². The number of amides is 2. The number of nitrogens with two attached hydrogens (primary N) is 1. The number of fused-ring (bicyclic) bond motifs is 1. The Balaban J connectivity index is 2.72. The summed E-state index contributed by atoms with van der Waals surface area (Å²) in [6.07, 6.45) is 1.32. The highest BCUT2D eigenvalue weighted by molar-refractivity contribution is 6.24. The molecule has 0 aromatic heterocycles. The Labute approximate surface area is 104 Å². The molecule has 1 heterocycles. The summed E-state index contributed by atoms with van der Waals surface area (Å²) < 4.78 is 0. The maximum absolute atomic E-state index is 12.1. The third kappa shape index (κ3) is 1.58. The van der Waals surface area contributed by atoms with E-state index in [4.69, 9.17) is 5.84 Å². The van der Waals surface area contributed by atoms with Crippen LogP contribution in [-0.4, -0.2) is 34.6 Å². The van der Waals surface area contributed by atoms with Crippen molar-refractivity contribution in [2.24, 2.45) is 10.9 Å². The largest absolute Gasteiger partial charge is 0.392 e. The number of benzene rings is 1. The van der Waals surface area contributed by atoms with E-state index >= 15 is 0 Å². The number of nitrogens with zero attached hydrogens (tertiary/aromatic N) is 2. The summed E-state index contributed by atoms with van der Waals surface area (Å²) in [5.74, 6) is 4.33. The van der Waals surface area contributed by atoms with Gasteiger partial charge in [0.2, 0.25) is 0 Å². The zero-order chi connectivity index (χ0) is 13.3. The highest BCUT2D eigenvalue weighted by Crippen LogP contribution is 2.28. The Morgan fingerprint density at radius 3 is 2.56 bits per heavy atom. The number of aliphatic hydroxyl groups is 1. The Bertz CT molecular complexity index is 552. The van der Waals surface area contributed by atoms with Gasteiger partial charge in [-0.15, -0.1) is 0 Å². The minimum atomic E-state index is -0.381. The van der Waals surface area contributed by atoms with Crippen LogP contribution in [0.4, 0.5) is 0 Å². The number of hydrogen-bond donors (Lipinski definition) is 2. The van der Waals surface area contributed by atoms with Crippen LogP contribution in [0.2, 0.25) is 0 Å². The molecule has 3 N–H and O–H groups in total. The highest BCUT2D eigenvalue weighted by atomic mass is 16.3. The molecule has 2 amide bonds. The van der Waals surface area contributed by atoms with Gasteiger partial charge in [0, 0.05) is 12.1 Å². The van der Waals surface area contributed by atoms with E-state index in [9.17, 15) is 14.7 Å². The number of imide groups is 1. The molecular formula is C12H13N3O3. The predicted octanol–water partition coefficient (Wildman–Crippen LogP) is 0.0874. The molecule has 0 spiro atoms. The molecule has 2 rings (SSSR count). The molecule has 0 aliphatic carbocycles. The highest BCUT2D eigenvalue weighted by Gasteiger charge is 2.37. The first-order valence-electron chi connectivity index (χ1n) is 5.51. The second-order valence-corrected chi connectivity index (χ2v) is 3.85. The fourth-order valence-electron chi connectivity index (χ4n) is 2.11. The van der Waals surface area contributed by atoms with Crippen LogP contribution in [0.25, 0.3) is 0 Å². The smallest absolute Gasteiger partial charge is 0.262 e. The summed E-state index contributed by atoms with van der Waals surface area (Å²) in [4.78, 5) is 25.4. The molecule has 6 nitrogen and oxygen atoms in total. The lowest BCUT2D eigenvalue weighted by molar-refractivity contribution is 0.0662. The first-order chi connectivity index (χ1) is 8.65. The van der Waals surface area contributed by atoms with Gasteiger partial charge < -0.3 is 10.9 Å². The molecule has 1 aliphatic rings. The molecule has 0 radical (unpaired) electrons. The molecule has 6 heteroatoms. The van der Waals surface area contributed by atoms with Crippen molar-refractivity contribution in [1.29, 1.82) is 0 Å². The lowest BCUT2D eigenvalue weighted by Gasteiger charge is -2.09. The summed E-state index contributed by atoms with van der Waals surface area (Å²) in [6.45, 7) is 1.71. The number of carbonyl (C=O) groups excluding carboxylic acids is 2. The van der Waals surface area contributed by atoms with Crippen LogP contribution in [0.5, 0.6) is 0 Å². The van der Waals surface area contributed by atoms with Gasteiger partial charge >= 0.3 is 0 Å². The van der Waals surface area contributed by atoms with Crippen LogP contribution in [0.15, 0.2) is 17.2 Å². The van der Waals surface area contributed by atoms with Crippen molar-refractivity contribution in [3.63, 3.8) is 0 Å². The normalized spacial score (nSPS) is 14.7. The summed E-state index contributed by atoms with van der Waals surface area (Å²) in [5, 5.41) is 12.6. The van der Waals surface area contributed by atoms with Gasteiger partial charge in [-0.3, -0.25) is 14.5 Å². The molecule has 0 unspecified atom stereocenters. The maximum Gasteiger partial charge on any atom is 0.262 e. The van der Waals surface area contributed by atoms with Gasteiger partial charge in [-0.2, -0.15) is 5.10 Å². The Morgan fingerprint density at radius 1 is 1.33 bits per heavy atom. The van der Waals surface area contributed by atoms with Crippen LogP contribution in [0.3, 0.4) is 0 Å². The van der Waals surface area contributed by atoms with Crippen LogP contribution in [-0.2, 0) is 6.61 Å². The lowest BCUT2D eigenvalue weighted by Crippen LogP contribution is -2.29. The third-order valence-corrected chi connectivity index (χ3v) is 2.94. The lowest BCUT2D eigenvalue weighted by atomic mass is 9.98. The van der Waals surface area contributed by atoms with Crippen LogP contribution >= 0.6 is 0 Å². The zero-order valence-electron chi connectivity index (χ0n) is 9.88. The molecule has 0 saturated heterocycles. The van der Waals surface area contributed by atoms with Gasteiger partial charge in [-0.05, 0) is 12.5 Å². The van der Waals surface area contributed by atoms with Gasteiger partial charge in [-0.1, -0.05) is 12.1 Å². The standard InChI is InChI=1S/C12H13N3O3/c1-2-15-11(17)9-7(5-14-13)3-4-8(6-16)10(9)12(15)18/h3-5,16H,2,6,13H2,1H3/b14-5+. The van der Waals surface area contributed by atoms with E-state index in [1.807, 2.05) is 0 Å². The van der Waals surface area contributed by atoms with Gasteiger partial charge in [-0.25, -0.2) is 0 Å². The van der Waals surface area contributed by atoms with E-state index in [0.717, 1.165) is 4.90 Å². The SMILES string of the molecule is CCN1C(=O)c2c(/C=N/N)ccc(CO)c2C1=O. The van der Waals surface area contributed by atoms with Crippen molar-refractivity contribution < 1.29 is 14.7 Å². The summed E-state index contributed by atoms with van der Waals surface area (Å²) in [7, 11) is 0. The van der Waals surface area contributed by atoms with E-state index < -0.39 is 0 Å². The molecule has 0 saturated carbocycles. The van der Waals surface area contributed by atoms with Crippen molar-refractivity contribution in [1.82, 2.24) is 4.90 Å². The predicted molar refractivity (Wildman–Crippen MR) is 65.2 cm³/mol. The van der Waals surface area contributed by atoms with E-state index in [1.54, 1.807) is 19.1 Å². The molecule has 1 aromatic rings. The van der Waals surface area contributed by atoms with Gasteiger partial charge in [0.1, 0.15) is 0 Å². The second-order valence-electron chi connectivity index (χ2n) is 3.85. The summed E-state index contributed by atoms with van der Waals surface area (Å²) >= 11 is 0. The Morgan fingerprint density at radius 2 is 2.00 bits per heavy atom. The number of aliphatic hydroxyl groups excluding tert-OH is 1. The molecular weight excluding hydrogens is 234 g/mol. The minimum absolute atomic E-state index is 0.252. The number of rotatable bonds is 3. The fourth-order valence-corrected chi connectivity index (χ4v) is 2.11. The summed E-state index contributed by atoms with van der Waals surface area (Å²) in [6, 6.07) is 3.21. The molecule has 1 aromatic carbocycles. The van der Waals surface area contributed by atoms with Gasteiger partial charge in [0.05, 0.1) is 23.9 Å². The average molecular weight is 247 g/mol. The maximum atomic E-state index is 12.1. The molecule has 1 aliphatic heterocycles. The minimum Gasteiger partial charge on any atom is -0.392 e. The zero-order valence-corrected chi connectivity index (χ0v) is 9.88. The molecule has 94 valence electrons. The third-order valence-electron chi connectivity index (χ3n) is 2.94. The number of hydrazone groups is 1. The van der Waals surface area contributed by atoms with Crippen LogP contribution < -0.4 is 5.84 Å². The van der Waals surface area contributed by atoms with Crippen molar-refractivity contribution in [2.45, 2.75) is 13.5 Å². The van der Waals surface area contributed by atoms with Crippen molar-refractivity contribution >= 4 is 18.0 Å². The van der Waals surface area contributed by atoms with E-state index in [2.05, 4.69) is 5.10 Å². The Kier molecular flexibility index (Phi) is 3.12. The molecule has 18 heavy (non-hydrogen) atoms. The van der Waals surface area contributed by atoms with Crippen molar-refractivity contribution in [3.8, 4) is 0 Å². The van der Waals surface area contributed by atoms with E-state index in [1.165, 1.54) is 6.21 Å². The summed E-state index contributed by atoms with van der Waals surface area (Å²) in [5.41, 5.74) is 1.44. The second kappa shape index (κ2) is 4.58. The van der Waals surface area contributed by atoms with Crippen LogP contribution in [0, 0.1) is 0 Å². The van der Waals surface area contributed by atoms with Gasteiger partial charge in [0.15, 0.2) is 0 Å². The Hall–Kier alpha value is -2.21. The molecule has 0 bridgehead atoms. The first kappa shape index (κ1) is 12.3. The topological polar surface area (TPSA) is 96.0 Å². The quantitative estimate of drug-likeness (QED) is 0.342. The van der Waals surface area contributed by atoms with Crippen molar-refractivity contribution in [3.05, 3.63) is 34.4 Å². The number of carbonyl (C=O) groups is 2. The number of hydrogen-bond acceptors (Lipinski definition) is 5. The molecule has 0 fully saturated rings.